The Labute approximate surface area is 95.9 Å². The van der Waals surface area contributed by atoms with Crippen molar-refractivity contribution in [2.24, 2.45) is 5.84 Å². The maximum Gasteiger partial charge on any atom is 0.137 e. The van der Waals surface area contributed by atoms with Crippen molar-refractivity contribution in [2.75, 3.05) is 14.2 Å². The number of aromatic nitrogens is 1. The Bertz CT molecular complexity index is 320. The van der Waals surface area contributed by atoms with Gasteiger partial charge in [-0.2, -0.15) is 0 Å². The minimum atomic E-state index is 0.0116. The van der Waals surface area contributed by atoms with Gasteiger partial charge in [0.15, 0.2) is 0 Å². The minimum absolute atomic E-state index is 0.0116. The van der Waals surface area contributed by atoms with E-state index in [1.165, 1.54) is 0 Å². The normalized spacial score (nSPS) is 14.5. The van der Waals surface area contributed by atoms with Crippen LogP contribution in [0.4, 0.5) is 0 Å². The van der Waals surface area contributed by atoms with Gasteiger partial charge in [0.25, 0.3) is 0 Å². The van der Waals surface area contributed by atoms with Crippen LogP contribution in [0.2, 0.25) is 0 Å². The molecule has 0 aromatic carbocycles. The van der Waals surface area contributed by atoms with E-state index < -0.39 is 0 Å². The molecule has 2 atom stereocenters. The van der Waals surface area contributed by atoms with Crippen molar-refractivity contribution in [3.8, 4) is 5.75 Å². The van der Waals surface area contributed by atoms with Crippen molar-refractivity contribution >= 4 is 0 Å². The Morgan fingerprint density at radius 3 is 2.75 bits per heavy atom. The molecule has 3 N–H and O–H groups in total. The molecule has 0 spiro atoms. The second kappa shape index (κ2) is 6.42. The summed E-state index contributed by atoms with van der Waals surface area (Å²) in [6.07, 6.45) is 4.35. The van der Waals surface area contributed by atoms with E-state index in [0.29, 0.717) is 0 Å². The van der Waals surface area contributed by atoms with Crippen LogP contribution in [0.15, 0.2) is 18.5 Å². The summed E-state index contributed by atoms with van der Waals surface area (Å²) in [6, 6.07) is 1.93. The smallest absolute Gasteiger partial charge is 0.137 e. The quantitative estimate of drug-likeness (QED) is 0.559. The molecule has 1 aromatic rings. The van der Waals surface area contributed by atoms with Gasteiger partial charge in [0, 0.05) is 13.3 Å². The molecule has 1 heterocycles. The van der Waals surface area contributed by atoms with Gasteiger partial charge in [-0.3, -0.25) is 16.3 Å². The highest BCUT2D eigenvalue weighted by atomic mass is 16.5. The fourth-order valence-corrected chi connectivity index (χ4v) is 1.47. The molecule has 90 valence electrons. The topological polar surface area (TPSA) is 69.4 Å². The van der Waals surface area contributed by atoms with Crippen LogP contribution < -0.4 is 16.0 Å². The van der Waals surface area contributed by atoms with E-state index in [-0.39, 0.29) is 12.1 Å². The molecule has 0 radical (unpaired) electrons. The Balaban J connectivity index is 2.77. The van der Waals surface area contributed by atoms with E-state index >= 15 is 0 Å². The van der Waals surface area contributed by atoms with Gasteiger partial charge >= 0.3 is 0 Å². The van der Waals surface area contributed by atoms with Crippen LogP contribution >= 0.6 is 0 Å². The summed E-state index contributed by atoms with van der Waals surface area (Å²) in [5.74, 6) is 6.25. The van der Waals surface area contributed by atoms with Crippen molar-refractivity contribution in [1.29, 1.82) is 0 Å². The highest BCUT2D eigenvalue weighted by molar-refractivity contribution is 5.25. The number of nitrogens with zero attached hydrogens (tertiary/aromatic N) is 1. The van der Waals surface area contributed by atoms with Crippen molar-refractivity contribution in [3.05, 3.63) is 24.0 Å². The van der Waals surface area contributed by atoms with E-state index in [0.717, 1.165) is 17.7 Å². The number of pyridine rings is 1. The zero-order valence-corrected chi connectivity index (χ0v) is 9.93. The Hall–Kier alpha value is -1.17. The van der Waals surface area contributed by atoms with Gasteiger partial charge in [0.05, 0.1) is 25.5 Å². The van der Waals surface area contributed by atoms with Crippen LogP contribution in [-0.2, 0) is 4.74 Å². The lowest BCUT2D eigenvalue weighted by atomic mass is 10.0. The number of methoxy groups -OCH3 is 2. The standard InChI is InChI=1S/C11H19N3O2/c1-8(15-2)4-11(14-12)9-5-10(16-3)7-13-6-9/h5-8,11,14H,4,12H2,1-3H3. The third-order valence-electron chi connectivity index (χ3n) is 2.54. The minimum Gasteiger partial charge on any atom is -0.495 e. The van der Waals surface area contributed by atoms with Gasteiger partial charge in [0.2, 0.25) is 0 Å². The zero-order chi connectivity index (χ0) is 12.0. The summed E-state index contributed by atoms with van der Waals surface area (Å²) in [5, 5.41) is 0. The first kappa shape index (κ1) is 12.9. The molecule has 1 aromatic heterocycles. The lowest BCUT2D eigenvalue weighted by Gasteiger charge is -2.19. The number of nitrogens with one attached hydrogen (secondary N) is 1. The fourth-order valence-electron chi connectivity index (χ4n) is 1.47. The van der Waals surface area contributed by atoms with Crippen LogP contribution in [0.1, 0.15) is 24.9 Å². The highest BCUT2D eigenvalue weighted by Crippen LogP contribution is 2.21. The van der Waals surface area contributed by atoms with Crippen molar-refractivity contribution < 1.29 is 9.47 Å². The molecule has 0 aliphatic heterocycles. The molecule has 5 heteroatoms. The van der Waals surface area contributed by atoms with E-state index in [1.807, 2.05) is 13.0 Å². The number of hydrogen-bond acceptors (Lipinski definition) is 5. The first-order valence-corrected chi connectivity index (χ1v) is 5.19. The summed E-state index contributed by atoms with van der Waals surface area (Å²) in [5.41, 5.74) is 3.75. The summed E-state index contributed by atoms with van der Waals surface area (Å²) in [6.45, 7) is 2.00. The Kier molecular flexibility index (Phi) is 5.18. The lowest BCUT2D eigenvalue weighted by Crippen LogP contribution is -2.30. The van der Waals surface area contributed by atoms with Gasteiger partial charge in [-0.15, -0.1) is 0 Å². The molecule has 0 amide bonds. The lowest BCUT2D eigenvalue weighted by molar-refractivity contribution is 0.100. The second-order valence-corrected chi connectivity index (χ2v) is 3.66. The van der Waals surface area contributed by atoms with Crippen LogP contribution in [0.25, 0.3) is 0 Å². The Morgan fingerprint density at radius 2 is 2.19 bits per heavy atom. The van der Waals surface area contributed by atoms with Gasteiger partial charge in [0.1, 0.15) is 5.75 Å². The number of hydrogen-bond donors (Lipinski definition) is 2. The SMILES string of the molecule is COc1cncc(C(CC(C)OC)NN)c1. The molecule has 0 bridgehead atoms. The van der Waals surface area contributed by atoms with E-state index in [1.54, 1.807) is 26.6 Å². The maximum absolute atomic E-state index is 5.53. The molecule has 1 rings (SSSR count). The first-order chi connectivity index (χ1) is 7.71. The molecule has 2 unspecified atom stereocenters. The third kappa shape index (κ3) is 3.44. The average Bonchev–Trinajstić information content (AvgIpc) is 2.35. The molecule has 0 saturated heterocycles. The second-order valence-electron chi connectivity index (χ2n) is 3.66. The molecular weight excluding hydrogens is 206 g/mol. The van der Waals surface area contributed by atoms with Crippen LogP contribution in [0, 0.1) is 0 Å². The van der Waals surface area contributed by atoms with Gasteiger partial charge < -0.3 is 9.47 Å². The fraction of sp³-hybridized carbons (Fsp3) is 0.545. The number of nitrogens with two attached hydrogens (primary N) is 1. The number of ether oxygens (including phenoxy) is 2. The zero-order valence-electron chi connectivity index (χ0n) is 9.93. The number of rotatable bonds is 6. The highest BCUT2D eigenvalue weighted by Gasteiger charge is 2.14. The van der Waals surface area contributed by atoms with E-state index in [2.05, 4.69) is 10.4 Å². The van der Waals surface area contributed by atoms with E-state index in [4.69, 9.17) is 15.3 Å². The molecule has 0 aliphatic carbocycles. The summed E-state index contributed by atoms with van der Waals surface area (Å²) >= 11 is 0. The maximum atomic E-state index is 5.53. The van der Waals surface area contributed by atoms with Gasteiger partial charge in [-0.25, -0.2) is 0 Å². The Morgan fingerprint density at radius 1 is 1.44 bits per heavy atom. The summed E-state index contributed by atoms with van der Waals surface area (Å²) in [4.78, 5) is 4.10. The van der Waals surface area contributed by atoms with Gasteiger partial charge in [-0.1, -0.05) is 0 Å². The van der Waals surface area contributed by atoms with Crippen molar-refractivity contribution in [2.45, 2.75) is 25.5 Å². The molecule has 0 aliphatic rings. The summed E-state index contributed by atoms with van der Waals surface area (Å²) < 4.78 is 10.3. The van der Waals surface area contributed by atoms with Gasteiger partial charge in [-0.05, 0) is 25.0 Å². The molecule has 0 saturated carbocycles. The average molecular weight is 225 g/mol. The monoisotopic (exact) mass is 225 g/mol. The van der Waals surface area contributed by atoms with Crippen molar-refractivity contribution in [1.82, 2.24) is 10.4 Å². The predicted molar refractivity (Wildman–Crippen MR) is 61.9 cm³/mol. The first-order valence-electron chi connectivity index (χ1n) is 5.19. The van der Waals surface area contributed by atoms with E-state index in [9.17, 15) is 0 Å². The predicted octanol–water partition coefficient (Wildman–Crippen LogP) is 1.02. The number of hydrazine groups is 1. The molecule has 16 heavy (non-hydrogen) atoms. The molecule has 5 nitrogen and oxygen atoms in total. The van der Waals surface area contributed by atoms with Crippen LogP contribution in [0.3, 0.4) is 0 Å². The largest absolute Gasteiger partial charge is 0.495 e. The van der Waals surface area contributed by atoms with Crippen molar-refractivity contribution in [3.63, 3.8) is 0 Å². The third-order valence-corrected chi connectivity index (χ3v) is 2.54. The van der Waals surface area contributed by atoms with Crippen LogP contribution in [0.5, 0.6) is 5.75 Å². The summed E-state index contributed by atoms with van der Waals surface area (Å²) in [7, 11) is 3.30. The van der Waals surface area contributed by atoms with Crippen LogP contribution in [-0.4, -0.2) is 25.3 Å². The molecular formula is C11H19N3O2. The molecule has 0 fully saturated rings.